The predicted molar refractivity (Wildman–Crippen MR) is 112 cm³/mol. The van der Waals surface area contributed by atoms with Crippen molar-refractivity contribution in [2.45, 2.75) is 18.9 Å². The lowest BCUT2D eigenvalue weighted by molar-refractivity contribution is 0.432. The fourth-order valence-electron chi connectivity index (χ4n) is 3.72. The summed E-state index contributed by atoms with van der Waals surface area (Å²) in [6.45, 7) is 1.32. The predicted octanol–water partition coefficient (Wildman–Crippen LogP) is 3.90. The van der Waals surface area contributed by atoms with Crippen molar-refractivity contribution in [1.29, 1.82) is 5.26 Å². The number of piperidine rings is 1. The summed E-state index contributed by atoms with van der Waals surface area (Å²) in [5, 5.41) is 29.7. The van der Waals surface area contributed by atoms with Gasteiger partial charge in [-0.1, -0.05) is 12.1 Å². The molecule has 6 nitrogen and oxygen atoms in total. The number of pyridine rings is 1. The molecule has 0 atom stereocenters. The third-order valence-electron chi connectivity index (χ3n) is 5.45. The number of nitrogens with zero attached hydrogens (tertiary/aromatic N) is 3. The average molecular weight is 422 g/mol. The number of rotatable bonds is 3. The third-order valence-corrected chi connectivity index (χ3v) is 5.45. The van der Waals surface area contributed by atoms with E-state index in [0.717, 1.165) is 18.9 Å². The highest BCUT2D eigenvalue weighted by atomic mass is 19.1. The summed E-state index contributed by atoms with van der Waals surface area (Å²) < 4.78 is 27.9. The van der Waals surface area contributed by atoms with Gasteiger partial charge in [-0.05, 0) is 42.7 Å². The van der Waals surface area contributed by atoms with Crippen molar-refractivity contribution in [3.63, 3.8) is 0 Å². The van der Waals surface area contributed by atoms with Crippen LogP contribution in [0.3, 0.4) is 0 Å². The van der Waals surface area contributed by atoms with Crippen molar-refractivity contribution >= 4 is 5.82 Å². The van der Waals surface area contributed by atoms with Crippen molar-refractivity contribution in [2.24, 2.45) is 5.73 Å². The molecule has 3 aromatic rings. The molecule has 0 saturated carbocycles. The van der Waals surface area contributed by atoms with Crippen LogP contribution in [-0.2, 0) is 0 Å². The van der Waals surface area contributed by atoms with Gasteiger partial charge >= 0.3 is 0 Å². The van der Waals surface area contributed by atoms with Crippen molar-refractivity contribution in [2.75, 3.05) is 18.0 Å². The molecular weight excluding hydrogens is 402 g/mol. The van der Waals surface area contributed by atoms with Crippen LogP contribution in [0.25, 0.3) is 22.4 Å². The lowest BCUT2D eigenvalue weighted by atomic mass is 9.97. The Hall–Kier alpha value is -3.70. The number of aromatic hydroxyl groups is 2. The van der Waals surface area contributed by atoms with Crippen LogP contribution in [0.15, 0.2) is 42.5 Å². The Kier molecular flexibility index (Phi) is 5.44. The summed E-state index contributed by atoms with van der Waals surface area (Å²) in [5.41, 5.74) is 6.98. The number of halogens is 2. The first-order valence-corrected chi connectivity index (χ1v) is 9.81. The Bertz CT molecular complexity index is 1180. The van der Waals surface area contributed by atoms with Gasteiger partial charge in [0.15, 0.2) is 11.6 Å². The topological polar surface area (TPSA) is 106 Å². The van der Waals surface area contributed by atoms with E-state index in [-0.39, 0.29) is 28.6 Å². The second-order valence-corrected chi connectivity index (χ2v) is 7.52. The van der Waals surface area contributed by atoms with Crippen molar-refractivity contribution in [3.05, 3.63) is 59.7 Å². The molecule has 1 fully saturated rings. The van der Waals surface area contributed by atoms with E-state index < -0.39 is 17.4 Å². The van der Waals surface area contributed by atoms with E-state index in [1.165, 1.54) is 36.4 Å². The Morgan fingerprint density at radius 2 is 1.68 bits per heavy atom. The van der Waals surface area contributed by atoms with E-state index in [2.05, 4.69) is 4.98 Å². The molecule has 0 spiro atoms. The number of phenolic OH excluding ortho intramolecular Hbond substituents is 1. The molecule has 4 N–H and O–H groups in total. The SMILES string of the molecule is N#Cc1ccc(-c2nc(N3CCC(N)CC3)cc(O)c2-c2ccc(F)c(O)c2)cc1F. The van der Waals surface area contributed by atoms with Crippen molar-refractivity contribution < 1.29 is 19.0 Å². The van der Waals surface area contributed by atoms with Gasteiger partial charge < -0.3 is 20.8 Å². The molecule has 2 aromatic carbocycles. The minimum atomic E-state index is -0.802. The largest absolute Gasteiger partial charge is 0.507 e. The molecule has 31 heavy (non-hydrogen) atoms. The molecule has 0 amide bonds. The normalized spacial score (nSPS) is 14.5. The highest BCUT2D eigenvalue weighted by Crippen LogP contribution is 2.41. The van der Waals surface area contributed by atoms with Crippen LogP contribution < -0.4 is 10.6 Å². The number of hydrogen-bond donors (Lipinski definition) is 3. The molecule has 1 aliphatic heterocycles. The average Bonchev–Trinajstić information content (AvgIpc) is 2.75. The van der Waals surface area contributed by atoms with Crippen LogP contribution in [0, 0.1) is 23.0 Å². The Labute approximate surface area is 177 Å². The minimum Gasteiger partial charge on any atom is -0.507 e. The van der Waals surface area contributed by atoms with Crippen molar-refractivity contribution in [1.82, 2.24) is 4.98 Å². The molecule has 0 bridgehead atoms. The zero-order chi connectivity index (χ0) is 22.1. The number of nitriles is 1. The van der Waals surface area contributed by atoms with E-state index in [0.29, 0.717) is 30.0 Å². The second kappa shape index (κ2) is 8.20. The van der Waals surface area contributed by atoms with Gasteiger partial charge in [-0.3, -0.25) is 0 Å². The highest BCUT2D eigenvalue weighted by molar-refractivity contribution is 5.87. The third kappa shape index (κ3) is 4.00. The first kappa shape index (κ1) is 20.6. The Balaban J connectivity index is 1.90. The van der Waals surface area contributed by atoms with Crippen molar-refractivity contribution in [3.8, 4) is 40.0 Å². The molecule has 0 unspecified atom stereocenters. The maximum Gasteiger partial charge on any atom is 0.164 e. The summed E-state index contributed by atoms with van der Waals surface area (Å²) in [7, 11) is 0. The van der Waals surface area contributed by atoms with Crippen LogP contribution in [0.4, 0.5) is 14.6 Å². The summed E-state index contributed by atoms with van der Waals surface area (Å²) in [4.78, 5) is 6.66. The standard InChI is InChI=1S/C23H20F2N4O2/c24-17-4-3-13(10-19(17)30)22-20(31)11-21(29-7-5-16(27)6-8-29)28-23(22)14-1-2-15(12-26)18(25)9-14/h1-4,9-11,16,30H,5-8,27H2,(H,28,31). The molecule has 1 saturated heterocycles. The quantitative estimate of drug-likeness (QED) is 0.591. The van der Waals surface area contributed by atoms with E-state index in [1.54, 1.807) is 6.07 Å². The monoisotopic (exact) mass is 422 g/mol. The summed E-state index contributed by atoms with van der Waals surface area (Å²) in [6, 6.07) is 11.1. The molecular formula is C23H20F2N4O2. The molecule has 4 rings (SSSR count). The zero-order valence-corrected chi connectivity index (χ0v) is 16.5. The number of nitrogens with two attached hydrogens (primary N) is 1. The molecule has 1 aliphatic rings. The van der Waals surface area contributed by atoms with Gasteiger partial charge in [0.2, 0.25) is 0 Å². The van der Waals surface area contributed by atoms with Crippen LogP contribution in [0.1, 0.15) is 18.4 Å². The number of benzene rings is 2. The number of hydrogen-bond acceptors (Lipinski definition) is 6. The number of phenols is 1. The zero-order valence-electron chi connectivity index (χ0n) is 16.5. The van der Waals surface area contributed by atoms with Gasteiger partial charge in [-0.2, -0.15) is 5.26 Å². The fourth-order valence-corrected chi connectivity index (χ4v) is 3.72. The molecule has 8 heteroatoms. The van der Waals surface area contributed by atoms with E-state index >= 15 is 0 Å². The summed E-state index contributed by atoms with van der Waals surface area (Å²) in [6.07, 6.45) is 1.55. The van der Waals surface area contributed by atoms with E-state index in [9.17, 15) is 19.0 Å². The summed E-state index contributed by atoms with van der Waals surface area (Å²) in [5.74, 6) is -1.75. The first-order valence-electron chi connectivity index (χ1n) is 9.81. The second-order valence-electron chi connectivity index (χ2n) is 7.52. The van der Waals surface area contributed by atoms with Gasteiger partial charge in [0.25, 0.3) is 0 Å². The van der Waals surface area contributed by atoms with E-state index in [1.807, 2.05) is 4.90 Å². The molecule has 0 aliphatic carbocycles. The highest BCUT2D eigenvalue weighted by Gasteiger charge is 2.23. The van der Waals surface area contributed by atoms with Gasteiger partial charge in [-0.15, -0.1) is 0 Å². The van der Waals surface area contributed by atoms with Crippen LogP contribution in [0.5, 0.6) is 11.5 Å². The fraction of sp³-hybridized carbons (Fsp3) is 0.217. The van der Waals surface area contributed by atoms with Gasteiger partial charge in [0, 0.05) is 30.8 Å². The lowest BCUT2D eigenvalue weighted by Gasteiger charge is -2.31. The molecule has 2 heterocycles. The maximum absolute atomic E-state index is 14.4. The Morgan fingerprint density at radius 1 is 0.968 bits per heavy atom. The molecule has 0 radical (unpaired) electrons. The smallest absolute Gasteiger partial charge is 0.164 e. The first-order chi connectivity index (χ1) is 14.9. The van der Waals surface area contributed by atoms with Crippen LogP contribution in [-0.4, -0.2) is 34.3 Å². The number of aromatic nitrogens is 1. The summed E-state index contributed by atoms with van der Waals surface area (Å²) >= 11 is 0. The minimum absolute atomic E-state index is 0.110. The van der Waals surface area contributed by atoms with Gasteiger partial charge in [0.1, 0.15) is 23.5 Å². The maximum atomic E-state index is 14.4. The van der Waals surface area contributed by atoms with Crippen LogP contribution in [0.2, 0.25) is 0 Å². The van der Waals surface area contributed by atoms with Crippen LogP contribution >= 0.6 is 0 Å². The molecule has 1 aromatic heterocycles. The van der Waals surface area contributed by atoms with Gasteiger partial charge in [-0.25, -0.2) is 13.8 Å². The van der Waals surface area contributed by atoms with E-state index in [4.69, 9.17) is 11.0 Å². The lowest BCUT2D eigenvalue weighted by Crippen LogP contribution is -2.40. The Morgan fingerprint density at radius 3 is 2.32 bits per heavy atom. The van der Waals surface area contributed by atoms with Gasteiger partial charge in [0.05, 0.1) is 16.8 Å². The molecule has 158 valence electrons. The number of anilines is 1.